The Morgan fingerprint density at radius 2 is 1.94 bits per heavy atom. The van der Waals surface area contributed by atoms with E-state index < -0.39 is 0 Å². The SMILES string of the molecule is COC(=N)CCCc1cc(C)cc(C)c1OC. The molecule has 1 aromatic rings. The zero-order valence-electron chi connectivity index (χ0n) is 11.1. The van der Waals surface area contributed by atoms with E-state index in [0.29, 0.717) is 12.3 Å². The molecule has 0 unspecified atom stereocenters. The monoisotopic (exact) mass is 235 g/mol. The number of aryl methyl sites for hydroxylation is 3. The number of methoxy groups -OCH3 is 2. The van der Waals surface area contributed by atoms with E-state index in [9.17, 15) is 0 Å². The summed E-state index contributed by atoms with van der Waals surface area (Å²) in [5, 5.41) is 7.43. The van der Waals surface area contributed by atoms with Crippen LogP contribution in [0.3, 0.4) is 0 Å². The predicted octanol–water partition coefficient (Wildman–Crippen LogP) is 3.26. The van der Waals surface area contributed by atoms with Gasteiger partial charge in [0.15, 0.2) is 5.90 Å². The van der Waals surface area contributed by atoms with E-state index in [1.54, 1.807) is 14.2 Å². The summed E-state index contributed by atoms with van der Waals surface area (Å²) in [6, 6.07) is 4.28. The van der Waals surface area contributed by atoms with E-state index in [0.717, 1.165) is 18.6 Å². The Balaban J connectivity index is 2.72. The lowest BCUT2D eigenvalue weighted by Crippen LogP contribution is -2.01. The highest BCUT2D eigenvalue weighted by Gasteiger charge is 2.07. The first-order valence-corrected chi connectivity index (χ1v) is 5.84. The van der Waals surface area contributed by atoms with Crippen molar-refractivity contribution in [3.63, 3.8) is 0 Å². The second kappa shape index (κ2) is 6.28. The van der Waals surface area contributed by atoms with Crippen LogP contribution in [0.5, 0.6) is 5.75 Å². The Morgan fingerprint density at radius 3 is 2.53 bits per heavy atom. The van der Waals surface area contributed by atoms with Crippen LogP contribution in [0.1, 0.15) is 29.5 Å². The van der Waals surface area contributed by atoms with Crippen molar-refractivity contribution in [2.45, 2.75) is 33.1 Å². The van der Waals surface area contributed by atoms with Crippen LogP contribution in [0.15, 0.2) is 12.1 Å². The van der Waals surface area contributed by atoms with E-state index >= 15 is 0 Å². The molecule has 0 aliphatic rings. The third-order valence-corrected chi connectivity index (χ3v) is 2.80. The van der Waals surface area contributed by atoms with Crippen LogP contribution in [0.2, 0.25) is 0 Å². The summed E-state index contributed by atoms with van der Waals surface area (Å²) in [4.78, 5) is 0. The molecular formula is C14H21NO2. The first-order chi connectivity index (χ1) is 8.08. The topological polar surface area (TPSA) is 42.3 Å². The van der Waals surface area contributed by atoms with Crippen LogP contribution in [-0.2, 0) is 11.2 Å². The lowest BCUT2D eigenvalue weighted by molar-refractivity contribution is 0.383. The zero-order valence-corrected chi connectivity index (χ0v) is 11.1. The maximum Gasteiger partial charge on any atom is 0.180 e. The number of benzene rings is 1. The predicted molar refractivity (Wildman–Crippen MR) is 70.1 cm³/mol. The van der Waals surface area contributed by atoms with Gasteiger partial charge in [-0.1, -0.05) is 17.7 Å². The van der Waals surface area contributed by atoms with E-state index in [1.165, 1.54) is 16.7 Å². The van der Waals surface area contributed by atoms with Gasteiger partial charge >= 0.3 is 0 Å². The number of ether oxygens (including phenoxy) is 2. The smallest absolute Gasteiger partial charge is 0.180 e. The molecule has 0 radical (unpaired) electrons. The summed E-state index contributed by atoms with van der Waals surface area (Å²) in [7, 11) is 3.25. The van der Waals surface area contributed by atoms with Gasteiger partial charge in [0.2, 0.25) is 0 Å². The number of rotatable bonds is 5. The molecule has 0 saturated carbocycles. The van der Waals surface area contributed by atoms with Crippen molar-refractivity contribution in [2.75, 3.05) is 14.2 Å². The third-order valence-electron chi connectivity index (χ3n) is 2.80. The molecule has 3 heteroatoms. The molecular weight excluding hydrogens is 214 g/mol. The fourth-order valence-electron chi connectivity index (χ4n) is 2.06. The maximum atomic E-state index is 7.43. The van der Waals surface area contributed by atoms with Gasteiger partial charge in [0.05, 0.1) is 14.2 Å². The average Bonchev–Trinajstić information content (AvgIpc) is 2.28. The summed E-state index contributed by atoms with van der Waals surface area (Å²) in [5.41, 5.74) is 3.64. The van der Waals surface area contributed by atoms with Gasteiger partial charge in [0, 0.05) is 6.42 Å². The van der Waals surface area contributed by atoms with E-state index in [1.807, 2.05) is 0 Å². The Kier molecular flexibility index (Phi) is 5.01. The Hall–Kier alpha value is -1.51. The van der Waals surface area contributed by atoms with Gasteiger partial charge in [-0.15, -0.1) is 0 Å². The van der Waals surface area contributed by atoms with Gasteiger partial charge < -0.3 is 9.47 Å². The molecule has 0 fully saturated rings. The summed E-state index contributed by atoms with van der Waals surface area (Å²) in [6.07, 6.45) is 2.50. The molecule has 0 bridgehead atoms. The molecule has 0 aliphatic carbocycles. The van der Waals surface area contributed by atoms with Gasteiger partial charge in [-0.05, 0) is 37.8 Å². The summed E-state index contributed by atoms with van der Waals surface area (Å²) in [5.74, 6) is 1.31. The van der Waals surface area contributed by atoms with Gasteiger partial charge in [0.25, 0.3) is 0 Å². The minimum absolute atomic E-state index is 0.341. The van der Waals surface area contributed by atoms with Crippen LogP contribution in [0.4, 0.5) is 0 Å². The minimum Gasteiger partial charge on any atom is -0.496 e. The van der Waals surface area contributed by atoms with Gasteiger partial charge in [-0.25, -0.2) is 0 Å². The van der Waals surface area contributed by atoms with E-state index in [2.05, 4.69) is 26.0 Å². The van der Waals surface area contributed by atoms with Crippen LogP contribution in [0.25, 0.3) is 0 Å². The molecule has 1 aromatic carbocycles. The fourth-order valence-corrected chi connectivity index (χ4v) is 2.06. The Bertz CT molecular complexity index is 399. The quantitative estimate of drug-likeness (QED) is 0.628. The molecule has 0 aliphatic heterocycles. The van der Waals surface area contributed by atoms with E-state index in [4.69, 9.17) is 14.9 Å². The molecule has 0 amide bonds. The molecule has 0 aromatic heterocycles. The highest BCUT2D eigenvalue weighted by Crippen LogP contribution is 2.26. The van der Waals surface area contributed by atoms with Crippen molar-refractivity contribution in [1.29, 1.82) is 5.41 Å². The second-order valence-corrected chi connectivity index (χ2v) is 4.26. The lowest BCUT2D eigenvalue weighted by atomic mass is 10.0. The number of hydrogen-bond acceptors (Lipinski definition) is 3. The van der Waals surface area contributed by atoms with Gasteiger partial charge in [-0.3, -0.25) is 5.41 Å². The summed E-state index contributed by atoms with van der Waals surface area (Å²) in [6.45, 7) is 4.15. The van der Waals surface area contributed by atoms with Crippen LogP contribution < -0.4 is 4.74 Å². The molecule has 0 heterocycles. The molecule has 1 rings (SSSR count). The van der Waals surface area contributed by atoms with Crippen molar-refractivity contribution < 1.29 is 9.47 Å². The first-order valence-electron chi connectivity index (χ1n) is 5.84. The molecule has 0 spiro atoms. The van der Waals surface area contributed by atoms with Crippen LogP contribution in [-0.4, -0.2) is 20.1 Å². The van der Waals surface area contributed by atoms with Crippen molar-refractivity contribution in [2.24, 2.45) is 0 Å². The third kappa shape index (κ3) is 3.77. The fraction of sp³-hybridized carbons (Fsp3) is 0.500. The highest BCUT2D eigenvalue weighted by molar-refractivity contribution is 5.72. The van der Waals surface area contributed by atoms with Crippen LogP contribution in [0, 0.1) is 19.3 Å². The second-order valence-electron chi connectivity index (χ2n) is 4.26. The van der Waals surface area contributed by atoms with Crippen LogP contribution >= 0.6 is 0 Å². The molecule has 94 valence electrons. The normalized spacial score (nSPS) is 10.1. The van der Waals surface area contributed by atoms with Gasteiger partial charge in [0.1, 0.15) is 5.75 Å². The Morgan fingerprint density at radius 1 is 1.24 bits per heavy atom. The number of nitrogens with one attached hydrogen (secondary N) is 1. The van der Waals surface area contributed by atoms with Crippen molar-refractivity contribution in [3.05, 3.63) is 28.8 Å². The molecule has 0 atom stereocenters. The largest absolute Gasteiger partial charge is 0.496 e. The lowest BCUT2D eigenvalue weighted by Gasteiger charge is -2.12. The zero-order chi connectivity index (χ0) is 12.8. The average molecular weight is 235 g/mol. The van der Waals surface area contributed by atoms with E-state index in [-0.39, 0.29) is 0 Å². The first kappa shape index (κ1) is 13.6. The number of hydrogen-bond donors (Lipinski definition) is 1. The minimum atomic E-state index is 0.341. The van der Waals surface area contributed by atoms with Crippen molar-refractivity contribution in [3.8, 4) is 5.75 Å². The summed E-state index contributed by atoms with van der Waals surface area (Å²) >= 11 is 0. The molecule has 3 nitrogen and oxygen atoms in total. The molecule has 0 saturated heterocycles. The van der Waals surface area contributed by atoms with Crippen molar-refractivity contribution >= 4 is 5.90 Å². The Labute approximate surface area is 103 Å². The molecule has 1 N–H and O–H groups in total. The van der Waals surface area contributed by atoms with Gasteiger partial charge in [-0.2, -0.15) is 0 Å². The molecule has 17 heavy (non-hydrogen) atoms. The van der Waals surface area contributed by atoms with Crippen molar-refractivity contribution in [1.82, 2.24) is 0 Å². The maximum absolute atomic E-state index is 7.43. The standard InChI is InChI=1S/C14H21NO2/c1-10-8-11(2)14(17-4)12(9-10)6-5-7-13(15)16-3/h8-9,15H,5-7H2,1-4H3. The highest BCUT2D eigenvalue weighted by atomic mass is 16.5. The summed E-state index contributed by atoms with van der Waals surface area (Å²) < 4.78 is 10.3.